The van der Waals surface area contributed by atoms with E-state index in [2.05, 4.69) is 4.90 Å². The second kappa shape index (κ2) is 5.17. The number of rotatable bonds is 3. The maximum absolute atomic E-state index is 9.93. The summed E-state index contributed by atoms with van der Waals surface area (Å²) >= 11 is 0. The Labute approximate surface area is 101 Å². The van der Waals surface area contributed by atoms with Gasteiger partial charge in [0, 0.05) is 24.3 Å². The molecule has 2 N–H and O–H groups in total. The Kier molecular flexibility index (Phi) is 3.62. The van der Waals surface area contributed by atoms with Gasteiger partial charge >= 0.3 is 0 Å². The summed E-state index contributed by atoms with van der Waals surface area (Å²) in [6, 6.07) is 9.07. The molecule has 4 nitrogen and oxygen atoms in total. The standard InChI is InChI=1S/C13H16N2O2/c14-9-12(16)13(17)10-5-1-2-6-11(10)15-7-3-4-8-15/h1-2,5-6,12-13,16-17H,3-4,7-8H2. The van der Waals surface area contributed by atoms with E-state index in [1.54, 1.807) is 12.1 Å². The number of hydrogen-bond acceptors (Lipinski definition) is 4. The zero-order valence-corrected chi connectivity index (χ0v) is 9.58. The van der Waals surface area contributed by atoms with E-state index in [1.165, 1.54) is 0 Å². The lowest BCUT2D eigenvalue weighted by molar-refractivity contribution is 0.0531. The van der Waals surface area contributed by atoms with Crippen LogP contribution in [0.25, 0.3) is 0 Å². The second-order valence-electron chi connectivity index (χ2n) is 4.27. The molecule has 0 aromatic heterocycles. The molecule has 1 aromatic carbocycles. The van der Waals surface area contributed by atoms with Gasteiger partial charge in [-0.15, -0.1) is 0 Å². The first-order valence-corrected chi connectivity index (χ1v) is 5.83. The van der Waals surface area contributed by atoms with Gasteiger partial charge in [0.05, 0.1) is 6.07 Å². The van der Waals surface area contributed by atoms with Crippen LogP contribution in [0.5, 0.6) is 0 Å². The molecule has 2 rings (SSSR count). The number of aliphatic hydroxyl groups is 2. The highest BCUT2D eigenvalue weighted by molar-refractivity contribution is 5.55. The van der Waals surface area contributed by atoms with Gasteiger partial charge in [0.15, 0.2) is 6.10 Å². The summed E-state index contributed by atoms with van der Waals surface area (Å²) in [7, 11) is 0. The van der Waals surface area contributed by atoms with Crippen molar-refractivity contribution in [1.82, 2.24) is 0 Å². The monoisotopic (exact) mass is 232 g/mol. The molecule has 1 aliphatic heterocycles. The highest BCUT2D eigenvalue weighted by atomic mass is 16.3. The fourth-order valence-corrected chi connectivity index (χ4v) is 2.22. The van der Waals surface area contributed by atoms with Crippen molar-refractivity contribution in [3.8, 4) is 6.07 Å². The number of nitriles is 1. The molecule has 0 aliphatic carbocycles. The van der Waals surface area contributed by atoms with Crippen LogP contribution in [0, 0.1) is 11.3 Å². The molecule has 0 bridgehead atoms. The molecule has 1 heterocycles. The van der Waals surface area contributed by atoms with Crippen molar-refractivity contribution in [2.75, 3.05) is 18.0 Å². The molecule has 0 amide bonds. The first-order chi connectivity index (χ1) is 8.24. The Morgan fingerprint density at radius 1 is 1.18 bits per heavy atom. The van der Waals surface area contributed by atoms with Crippen molar-refractivity contribution in [2.45, 2.75) is 25.0 Å². The second-order valence-corrected chi connectivity index (χ2v) is 4.27. The van der Waals surface area contributed by atoms with Crippen LogP contribution < -0.4 is 4.90 Å². The van der Waals surface area contributed by atoms with Gasteiger partial charge in [0.25, 0.3) is 0 Å². The van der Waals surface area contributed by atoms with Crippen LogP contribution >= 0.6 is 0 Å². The molecule has 2 unspecified atom stereocenters. The molecule has 2 atom stereocenters. The van der Waals surface area contributed by atoms with Gasteiger partial charge in [-0.05, 0) is 18.9 Å². The number of nitrogens with zero attached hydrogens (tertiary/aromatic N) is 2. The summed E-state index contributed by atoms with van der Waals surface area (Å²) in [4.78, 5) is 2.18. The number of anilines is 1. The van der Waals surface area contributed by atoms with E-state index in [9.17, 15) is 10.2 Å². The molecule has 0 saturated carbocycles. The van der Waals surface area contributed by atoms with E-state index in [4.69, 9.17) is 5.26 Å². The predicted octanol–water partition coefficient (Wildman–Crippen LogP) is 1.20. The molecule has 0 radical (unpaired) electrons. The maximum atomic E-state index is 9.93. The van der Waals surface area contributed by atoms with E-state index >= 15 is 0 Å². The fraction of sp³-hybridized carbons (Fsp3) is 0.462. The molecule has 4 heteroatoms. The van der Waals surface area contributed by atoms with Gasteiger partial charge in [0.1, 0.15) is 6.10 Å². The quantitative estimate of drug-likeness (QED) is 0.768. The van der Waals surface area contributed by atoms with Crippen molar-refractivity contribution in [3.63, 3.8) is 0 Å². The minimum Gasteiger partial charge on any atom is -0.384 e. The molecule has 1 saturated heterocycles. The Balaban J connectivity index is 2.30. The Morgan fingerprint density at radius 2 is 1.82 bits per heavy atom. The molecule has 1 aromatic rings. The number of hydrogen-bond donors (Lipinski definition) is 2. The largest absolute Gasteiger partial charge is 0.384 e. The van der Waals surface area contributed by atoms with Crippen molar-refractivity contribution in [2.24, 2.45) is 0 Å². The number of benzene rings is 1. The predicted molar refractivity (Wildman–Crippen MR) is 64.5 cm³/mol. The lowest BCUT2D eigenvalue weighted by Crippen LogP contribution is -2.23. The highest BCUT2D eigenvalue weighted by Crippen LogP contribution is 2.30. The molecule has 1 aliphatic rings. The van der Waals surface area contributed by atoms with E-state index in [0.717, 1.165) is 31.6 Å². The van der Waals surface area contributed by atoms with E-state index < -0.39 is 12.2 Å². The van der Waals surface area contributed by atoms with Crippen LogP contribution in [0.1, 0.15) is 24.5 Å². The van der Waals surface area contributed by atoms with Crippen LogP contribution in [-0.2, 0) is 0 Å². The Bertz CT molecular complexity index is 422. The van der Waals surface area contributed by atoms with Gasteiger partial charge < -0.3 is 15.1 Å². The lowest BCUT2D eigenvalue weighted by Gasteiger charge is -2.24. The Hall–Kier alpha value is -1.57. The third kappa shape index (κ3) is 2.41. The smallest absolute Gasteiger partial charge is 0.170 e. The normalized spacial score (nSPS) is 18.8. The summed E-state index contributed by atoms with van der Waals surface area (Å²) in [5.41, 5.74) is 1.55. The van der Waals surface area contributed by atoms with Crippen LogP contribution in [0.15, 0.2) is 24.3 Å². The number of aliphatic hydroxyl groups excluding tert-OH is 2. The summed E-state index contributed by atoms with van der Waals surface area (Å²) in [5, 5.41) is 28.0. The van der Waals surface area contributed by atoms with Crippen LogP contribution in [0.3, 0.4) is 0 Å². The molecule has 1 fully saturated rings. The fourth-order valence-electron chi connectivity index (χ4n) is 2.22. The van der Waals surface area contributed by atoms with Crippen LogP contribution in [0.2, 0.25) is 0 Å². The minimum atomic E-state index is -1.38. The lowest BCUT2D eigenvalue weighted by atomic mass is 10.0. The van der Waals surface area contributed by atoms with Crippen LogP contribution in [0.4, 0.5) is 5.69 Å². The summed E-state index contributed by atoms with van der Waals surface area (Å²) in [5.74, 6) is 0. The van der Waals surface area contributed by atoms with E-state index in [0.29, 0.717) is 5.56 Å². The van der Waals surface area contributed by atoms with Crippen molar-refractivity contribution in [3.05, 3.63) is 29.8 Å². The van der Waals surface area contributed by atoms with Gasteiger partial charge in [0.2, 0.25) is 0 Å². The molecule has 0 spiro atoms. The van der Waals surface area contributed by atoms with Gasteiger partial charge in [-0.25, -0.2) is 0 Å². The van der Waals surface area contributed by atoms with Crippen molar-refractivity contribution >= 4 is 5.69 Å². The van der Waals surface area contributed by atoms with Crippen molar-refractivity contribution in [1.29, 1.82) is 5.26 Å². The summed E-state index contributed by atoms with van der Waals surface area (Å²) in [6.45, 7) is 1.93. The summed E-state index contributed by atoms with van der Waals surface area (Å²) < 4.78 is 0. The average molecular weight is 232 g/mol. The topological polar surface area (TPSA) is 67.5 Å². The van der Waals surface area contributed by atoms with Gasteiger partial charge in [-0.2, -0.15) is 5.26 Å². The average Bonchev–Trinajstić information content (AvgIpc) is 2.90. The van der Waals surface area contributed by atoms with Crippen molar-refractivity contribution < 1.29 is 10.2 Å². The van der Waals surface area contributed by atoms with E-state index in [-0.39, 0.29) is 0 Å². The number of para-hydroxylation sites is 1. The highest BCUT2D eigenvalue weighted by Gasteiger charge is 2.23. The molecule has 90 valence electrons. The Morgan fingerprint density at radius 3 is 2.47 bits per heavy atom. The zero-order valence-electron chi connectivity index (χ0n) is 9.58. The molecular weight excluding hydrogens is 216 g/mol. The minimum absolute atomic E-state index is 0.628. The van der Waals surface area contributed by atoms with Gasteiger partial charge in [-0.1, -0.05) is 18.2 Å². The summed E-state index contributed by atoms with van der Waals surface area (Å²) in [6.07, 6.45) is -0.230. The third-order valence-electron chi connectivity index (χ3n) is 3.13. The molecular formula is C13H16N2O2. The zero-order chi connectivity index (χ0) is 12.3. The van der Waals surface area contributed by atoms with E-state index in [1.807, 2.05) is 18.2 Å². The van der Waals surface area contributed by atoms with Crippen LogP contribution in [-0.4, -0.2) is 29.4 Å². The third-order valence-corrected chi connectivity index (χ3v) is 3.13. The SMILES string of the molecule is N#CC(O)C(O)c1ccccc1N1CCCC1. The first-order valence-electron chi connectivity index (χ1n) is 5.83. The maximum Gasteiger partial charge on any atom is 0.170 e. The van der Waals surface area contributed by atoms with Gasteiger partial charge in [-0.3, -0.25) is 0 Å². The molecule has 17 heavy (non-hydrogen) atoms. The first kappa shape index (κ1) is 11.9.